The van der Waals surface area contributed by atoms with Gasteiger partial charge in [0.05, 0.1) is 5.91 Å². The van der Waals surface area contributed by atoms with Crippen molar-refractivity contribution in [1.29, 1.82) is 0 Å². The van der Waals surface area contributed by atoms with Crippen molar-refractivity contribution in [2.24, 2.45) is 0 Å². The summed E-state index contributed by atoms with van der Waals surface area (Å²) in [7, 11) is 0. The number of carbonyl (C=O) groups excluding carboxylic acids is 1. The average Bonchev–Trinajstić information content (AvgIpc) is 1.88. The summed E-state index contributed by atoms with van der Waals surface area (Å²) in [5, 5.41) is 0. The van der Waals surface area contributed by atoms with E-state index in [-0.39, 0.29) is 39.1 Å². The van der Waals surface area contributed by atoms with Crippen LogP contribution in [0.1, 0.15) is 5.56 Å². The van der Waals surface area contributed by atoms with E-state index in [9.17, 15) is 4.79 Å². The molecule has 1 rings (SSSR count). The molecule has 0 saturated carbocycles. The van der Waals surface area contributed by atoms with Crippen LogP contribution in [0.3, 0.4) is 0 Å². The summed E-state index contributed by atoms with van der Waals surface area (Å²) in [5.41, 5.74) is 7.58. The van der Waals surface area contributed by atoms with Crippen molar-refractivity contribution in [2.75, 3.05) is 0 Å². The molecular formula is C8H8NOY-. The molecule has 55 valence electrons. The third-order valence-electron chi connectivity index (χ3n) is 1.21. The summed E-state index contributed by atoms with van der Waals surface area (Å²) in [6.07, 6.45) is 0.223. The molecule has 0 unspecified atom stereocenters. The fraction of sp³-hybridized carbons (Fsp3) is 0.125. The number of hydrogen-bond acceptors (Lipinski definition) is 1. The molecule has 0 heterocycles. The second-order valence-corrected chi connectivity index (χ2v) is 2.09. The van der Waals surface area contributed by atoms with E-state index in [1.165, 1.54) is 0 Å². The number of amides is 1. The molecule has 0 bridgehead atoms. The van der Waals surface area contributed by atoms with Gasteiger partial charge in [-0.05, 0) is 5.56 Å². The molecule has 11 heavy (non-hydrogen) atoms. The number of benzene rings is 1. The van der Waals surface area contributed by atoms with Crippen molar-refractivity contribution < 1.29 is 37.5 Å². The Hall–Kier alpha value is -0.206. The van der Waals surface area contributed by atoms with Gasteiger partial charge < -0.3 is 10.5 Å². The van der Waals surface area contributed by atoms with Gasteiger partial charge in [-0.15, -0.1) is 0 Å². The average molecular weight is 223 g/mol. The topological polar surface area (TPSA) is 40.9 Å². The van der Waals surface area contributed by atoms with Crippen LogP contribution in [-0.4, -0.2) is 5.91 Å². The minimum atomic E-state index is -0.536. The fourth-order valence-electron chi connectivity index (χ4n) is 0.781. The number of nitrogens with one attached hydrogen (secondary N) is 1. The van der Waals surface area contributed by atoms with Crippen molar-refractivity contribution in [3.8, 4) is 0 Å². The maximum Gasteiger partial charge on any atom is 0.0532 e. The van der Waals surface area contributed by atoms with Crippen LogP contribution >= 0.6 is 0 Å². The van der Waals surface area contributed by atoms with E-state index < -0.39 is 5.91 Å². The summed E-state index contributed by atoms with van der Waals surface area (Å²) < 4.78 is 0. The smallest absolute Gasteiger partial charge is 0.0532 e. The Kier molecular flexibility index (Phi) is 5.34. The fourth-order valence-corrected chi connectivity index (χ4v) is 0.781. The van der Waals surface area contributed by atoms with Crippen LogP contribution < -0.4 is 0 Å². The summed E-state index contributed by atoms with van der Waals surface area (Å²) in [6, 6.07) is 9.29. The van der Waals surface area contributed by atoms with Gasteiger partial charge in [0.25, 0.3) is 0 Å². The van der Waals surface area contributed by atoms with Crippen LogP contribution in [0.4, 0.5) is 0 Å². The van der Waals surface area contributed by atoms with Crippen molar-refractivity contribution in [1.82, 2.24) is 0 Å². The molecule has 3 heteroatoms. The van der Waals surface area contributed by atoms with Gasteiger partial charge in [-0.3, -0.25) is 0 Å². The van der Waals surface area contributed by atoms with Crippen LogP contribution in [0.15, 0.2) is 30.3 Å². The second-order valence-electron chi connectivity index (χ2n) is 2.09. The SMILES string of the molecule is [NH-]C(=O)Cc1ccccc1.[Y]. The Morgan fingerprint density at radius 1 is 1.27 bits per heavy atom. The van der Waals surface area contributed by atoms with E-state index in [0.29, 0.717) is 0 Å². The molecule has 0 saturated heterocycles. The molecule has 0 spiro atoms. The first kappa shape index (κ1) is 10.8. The summed E-state index contributed by atoms with van der Waals surface area (Å²) in [4.78, 5) is 10.3. The Morgan fingerprint density at radius 2 is 1.82 bits per heavy atom. The van der Waals surface area contributed by atoms with E-state index in [2.05, 4.69) is 0 Å². The molecule has 2 nitrogen and oxygen atoms in total. The molecule has 0 fully saturated rings. The molecule has 1 aromatic carbocycles. The molecule has 1 aromatic rings. The first-order valence-electron chi connectivity index (χ1n) is 3.07. The molecule has 0 aliphatic heterocycles. The van der Waals surface area contributed by atoms with Gasteiger partial charge in [-0.1, -0.05) is 30.3 Å². The summed E-state index contributed by atoms with van der Waals surface area (Å²) >= 11 is 0. The Morgan fingerprint density at radius 3 is 2.27 bits per heavy atom. The number of rotatable bonds is 2. The van der Waals surface area contributed by atoms with Gasteiger partial charge >= 0.3 is 0 Å². The van der Waals surface area contributed by atoms with E-state index in [4.69, 9.17) is 5.73 Å². The molecule has 1 radical (unpaired) electrons. The van der Waals surface area contributed by atoms with Gasteiger partial charge in [0, 0.05) is 39.1 Å². The van der Waals surface area contributed by atoms with E-state index in [1.54, 1.807) is 0 Å². The molecule has 0 atom stereocenters. The van der Waals surface area contributed by atoms with Gasteiger partial charge in [-0.2, -0.15) is 0 Å². The predicted octanol–water partition coefficient (Wildman–Crippen LogP) is 1.81. The maximum absolute atomic E-state index is 10.3. The maximum atomic E-state index is 10.3. The zero-order valence-corrected chi connectivity index (χ0v) is 8.92. The van der Waals surface area contributed by atoms with E-state index in [0.717, 1.165) is 5.56 Å². The summed E-state index contributed by atoms with van der Waals surface area (Å²) in [5.74, 6) is -0.536. The first-order valence-corrected chi connectivity index (χ1v) is 3.07. The van der Waals surface area contributed by atoms with Crippen molar-refractivity contribution >= 4 is 5.91 Å². The van der Waals surface area contributed by atoms with Crippen LogP contribution in [-0.2, 0) is 43.9 Å². The Balaban J connectivity index is 0.000001000. The van der Waals surface area contributed by atoms with Gasteiger partial charge in [0.15, 0.2) is 0 Å². The summed E-state index contributed by atoms with van der Waals surface area (Å²) in [6.45, 7) is 0. The minimum absolute atomic E-state index is 0. The monoisotopic (exact) mass is 223 g/mol. The molecular weight excluding hydrogens is 215 g/mol. The Bertz CT molecular complexity index is 223. The Labute approximate surface area is 91.0 Å². The molecule has 1 amide bonds. The zero-order chi connectivity index (χ0) is 7.40. The van der Waals surface area contributed by atoms with Gasteiger partial charge in [0.1, 0.15) is 0 Å². The standard InChI is InChI=1S/C8H9NO.Y/c9-8(10)6-7-4-2-1-3-5-7;/h1-5H,6H2,(H2,9,10);/p-1. The van der Waals surface area contributed by atoms with Crippen molar-refractivity contribution in [3.63, 3.8) is 0 Å². The third-order valence-corrected chi connectivity index (χ3v) is 1.21. The van der Waals surface area contributed by atoms with E-state index >= 15 is 0 Å². The first-order chi connectivity index (χ1) is 4.79. The normalized spacial score (nSPS) is 8.36. The van der Waals surface area contributed by atoms with Gasteiger partial charge in [0.2, 0.25) is 0 Å². The van der Waals surface area contributed by atoms with Gasteiger partial charge in [-0.25, -0.2) is 0 Å². The van der Waals surface area contributed by atoms with E-state index in [1.807, 2.05) is 30.3 Å². The zero-order valence-electron chi connectivity index (χ0n) is 6.08. The third kappa shape index (κ3) is 4.28. The largest absolute Gasteiger partial charge is 0.667 e. The molecule has 0 aromatic heterocycles. The quantitative estimate of drug-likeness (QED) is 0.753. The number of hydrogen-bond donors (Lipinski definition) is 0. The van der Waals surface area contributed by atoms with Crippen LogP contribution in [0.5, 0.6) is 0 Å². The van der Waals surface area contributed by atoms with Crippen molar-refractivity contribution in [2.45, 2.75) is 6.42 Å². The van der Waals surface area contributed by atoms with Crippen LogP contribution in [0.25, 0.3) is 5.73 Å². The second kappa shape index (κ2) is 5.45. The predicted molar refractivity (Wildman–Crippen MR) is 39.5 cm³/mol. The van der Waals surface area contributed by atoms with Crippen molar-refractivity contribution in [3.05, 3.63) is 41.6 Å². The number of carbonyl (C=O) groups is 1. The van der Waals surface area contributed by atoms with Crippen LogP contribution in [0, 0.1) is 0 Å². The minimum Gasteiger partial charge on any atom is -0.667 e. The molecule has 0 aliphatic carbocycles. The molecule has 1 N–H and O–H groups in total. The molecule has 0 aliphatic rings. The van der Waals surface area contributed by atoms with Crippen LogP contribution in [0.2, 0.25) is 0 Å².